The van der Waals surface area contributed by atoms with Crippen LogP contribution in [0.2, 0.25) is 13.1 Å². The summed E-state index contributed by atoms with van der Waals surface area (Å²) in [5.74, 6) is 0. The van der Waals surface area contributed by atoms with Crippen molar-refractivity contribution in [2.75, 3.05) is 0 Å². The molecule has 3 heteroatoms. The fourth-order valence-electron chi connectivity index (χ4n) is 9.47. The zero-order valence-corrected chi connectivity index (χ0v) is 28.6. The second-order valence-corrected chi connectivity index (χ2v) is 19.4. The lowest BCUT2D eigenvalue weighted by molar-refractivity contribution is 0.732. The van der Waals surface area contributed by atoms with Crippen LogP contribution in [0.4, 0.5) is 0 Å². The zero-order valence-electron chi connectivity index (χ0n) is 26.8. The lowest BCUT2D eigenvalue weighted by Gasteiger charge is -2.49. The highest BCUT2D eigenvalue weighted by molar-refractivity contribution is 7.26. The molecular weight excluding hydrogens is 615 g/mol. The first kappa shape index (κ1) is 26.8. The summed E-state index contributed by atoms with van der Waals surface area (Å²) < 4.78 is 5.26. The van der Waals surface area contributed by atoms with Gasteiger partial charge in [0.25, 0.3) is 0 Å². The van der Waals surface area contributed by atoms with Crippen LogP contribution in [0.25, 0.3) is 58.8 Å². The Morgan fingerprint density at radius 3 is 2.10 bits per heavy atom. The van der Waals surface area contributed by atoms with E-state index >= 15 is 0 Å². The Morgan fingerprint density at radius 1 is 0.521 bits per heavy atom. The SMILES string of the molecule is C[Si]1(C)c2ccccc2C2(c3ccccc3-n3c4ccccc4c4cccc2c43)c2cc(-c3cccc4c3sc3ccccc34)ccc21. The minimum Gasteiger partial charge on any atom is -0.309 e. The molecule has 0 fully saturated rings. The number of fused-ring (bicyclic) bond motifs is 14. The van der Waals surface area contributed by atoms with Crippen LogP contribution < -0.4 is 10.4 Å². The van der Waals surface area contributed by atoms with E-state index in [1.165, 1.54) is 91.4 Å². The van der Waals surface area contributed by atoms with Crippen molar-refractivity contribution in [3.63, 3.8) is 0 Å². The van der Waals surface area contributed by atoms with Gasteiger partial charge in [0.1, 0.15) is 8.07 Å². The Morgan fingerprint density at radius 2 is 1.19 bits per heavy atom. The van der Waals surface area contributed by atoms with Crippen molar-refractivity contribution in [1.82, 2.24) is 4.57 Å². The number of nitrogens with zero attached hydrogens (tertiary/aromatic N) is 1. The van der Waals surface area contributed by atoms with Crippen LogP contribution >= 0.6 is 11.3 Å². The number of benzene rings is 7. The van der Waals surface area contributed by atoms with Gasteiger partial charge in [0, 0.05) is 30.9 Å². The van der Waals surface area contributed by atoms with Crippen LogP contribution in [0.1, 0.15) is 22.3 Å². The first-order chi connectivity index (χ1) is 23.6. The van der Waals surface area contributed by atoms with Crippen molar-refractivity contribution < 1.29 is 0 Å². The van der Waals surface area contributed by atoms with Crippen molar-refractivity contribution in [3.05, 3.63) is 174 Å². The van der Waals surface area contributed by atoms with Gasteiger partial charge in [-0.05, 0) is 68.0 Å². The average molecular weight is 646 g/mol. The van der Waals surface area contributed by atoms with E-state index in [1.807, 2.05) is 11.3 Å². The minimum atomic E-state index is -2.08. The Balaban J connectivity index is 1.33. The van der Waals surface area contributed by atoms with E-state index < -0.39 is 13.5 Å². The summed E-state index contributed by atoms with van der Waals surface area (Å²) in [7, 11) is -2.08. The Bertz CT molecular complexity index is 2830. The normalized spacial score (nSPS) is 17.2. The molecule has 2 aliphatic heterocycles. The number of rotatable bonds is 1. The van der Waals surface area contributed by atoms with Crippen molar-refractivity contribution in [2.45, 2.75) is 18.5 Å². The number of hydrogen-bond acceptors (Lipinski definition) is 1. The molecule has 11 rings (SSSR count). The van der Waals surface area contributed by atoms with E-state index in [4.69, 9.17) is 0 Å². The summed E-state index contributed by atoms with van der Waals surface area (Å²) >= 11 is 1.92. The molecule has 2 aromatic heterocycles. The molecule has 2 aliphatic rings. The Labute approximate surface area is 284 Å². The maximum atomic E-state index is 2.59. The molecule has 0 radical (unpaired) electrons. The lowest BCUT2D eigenvalue weighted by Crippen LogP contribution is -2.63. The predicted molar refractivity (Wildman–Crippen MR) is 208 cm³/mol. The molecule has 1 nitrogen and oxygen atoms in total. The molecule has 0 saturated carbocycles. The lowest BCUT2D eigenvalue weighted by atomic mass is 9.62. The van der Waals surface area contributed by atoms with E-state index in [0.717, 1.165) is 0 Å². The van der Waals surface area contributed by atoms with E-state index in [1.54, 1.807) is 0 Å². The minimum absolute atomic E-state index is 0.459. The van der Waals surface area contributed by atoms with Crippen molar-refractivity contribution in [3.8, 4) is 16.8 Å². The first-order valence-electron chi connectivity index (χ1n) is 16.9. The highest BCUT2D eigenvalue weighted by atomic mass is 32.1. The van der Waals surface area contributed by atoms with Gasteiger partial charge in [0.2, 0.25) is 0 Å². The predicted octanol–water partition coefficient (Wildman–Crippen LogP) is 10.7. The largest absolute Gasteiger partial charge is 0.309 e. The fourth-order valence-corrected chi connectivity index (χ4v) is 13.9. The second-order valence-electron chi connectivity index (χ2n) is 14.0. The molecule has 0 bridgehead atoms. The van der Waals surface area contributed by atoms with Crippen LogP contribution in [0.5, 0.6) is 0 Å². The van der Waals surface area contributed by atoms with Gasteiger partial charge in [-0.25, -0.2) is 0 Å². The molecule has 0 saturated heterocycles. The van der Waals surface area contributed by atoms with Crippen LogP contribution in [0.15, 0.2) is 152 Å². The summed E-state index contributed by atoms with van der Waals surface area (Å²) in [6.45, 7) is 5.10. The van der Waals surface area contributed by atoms with Gasteiger partial charge >= 0.3 is 0 Å². The summed E-state index contributed by atoms with van der Waals surface area (Å²) in [5.41, 5.74) is 11.7. The van der Waals surface area contributed by atoms with Crippen LogP contribution in [-0.4, -0.2) is 12.6 Å². The van der Waals surface area contributed by atoms with E-state index in [9.17, 15) is 0 Å². The van der Waals surface area contributed by atoms with E-state index in [2.05, 4.69) is 169 Å². The number of hydrogen-bond donors (Lipinski definition) is 0. The topological polar surface area (TPSA) is 4.93 Å². The second kappa shape index (κ2) is 9.22. The van der Waals surface area contributed by atoms with E-state index in [0.29, 0.717) is 0 Å². The fraction of sp³-hybridized carbons (Fsp3) is 0.0667. The molecule has 48 heavy (non-hydrogen) atoms. The van der Waals surface area contributed by atoms with E-state index in [-0.39, 0.29) is 0 Å². The number of para-hydroxylation sites is 3. The third kappa shape index (κ3) is 3.12. The van der Waals surface area contributed by atoms with Gasteiger partial charge in [-0.15, -0.1) is 11.3 Å². The van der Waals surface area contributed by atoms with Gasteiger partial charge in [-0.3, -0.25) is 0 Å². The van der Waals surface area contributed by atoms with Gasteiger partial charge in [-0.1, -0.05) is 140 Å². The summed E-state index contributed by atoms with van der Waals surface area (Å²) in [4.78, 5) is 0. The molecule has 1 spiro atoms. The summed E-state index contributed by atoms with van der Waals surface area (Å²) in [6, 6.07) is 57.8. The quantitative estimate of drug-likeness (QED) is 0.157. The third-order valence-corrected chi connectivity index (χ3v) is 16.2. The summed E-state index contributed by atoms with van der Waals surface area (Å²) in [5, 5.41) is 8.39. The molecule has 0 aliphatic carbocycles. The first-order valence-corrected chi connectivity index (χ1v) is 20.7. The molecule has 7 aromatic carbocycles. The van der Waals surface area contributed by atoms with Gasteiger partial charge in [-0.2, -0.15) is 0 Å². The van der Waals surface area contributed by atoms with Gasteiger partial charge in [0.15, 0.2) is 0 Å². The number of aromatic nitrogens is 1. The maximum absolute atomic E-state index is 2.59. The molecule has 1 atom stereocenters. The third-order valence-electron chi connectivity index (χ3n) is 11.5. The highest BCUT2D eigenvalue weighted by Crippen LogP contribution is 2.55. The monoisotopic (exact) mass is 645 g/mol. The van der Waals surface area contributed by atoms with Gasteiger partial charge < -0.3 is 4.57 Å². The zero-order chi connectivity index (χ0) is 31.8. The van der Waals surface area contributed by atoms with Crippen LogP contribution in [0.3, 0.4) is 0 Å². The number of thiophene rings is 1. The molecular formula is C45H31NSSi. The van der Waals surface area contributed by atoms with Gasteiger partial charge in [0.05, 0.1) is 22.1 Å². The van der Waals surface area contributed by atoms with Crippen molar-refractivity contribution in [1.29, 1.82) is 0 Å². The molecule has 9 aromatic rings. The van der Waals surface area contributed by atoms with Crippen molar-refractivity contribution in [2.24, 2.45) is 0 Å². The van der Waals surface area contributed by atoms with Crippen LogP contribution in [-0.2, 0) is 5.41 Å². The summed E-state index contributed by atoms with van der Waals surface area (Å²) in [6.07, 6.45) is 0. The molecule has 1 unspecified atom stereocenters. The highest BCUT2D eigenvalue weighted by Gasteiger charge is 2.53. The smallest absolute Gasteiger partial charge is 0.113 e. The molecule has 4 heterocycles. The Hall–Kier alpha value is -5.22. The molecule has 226 valence electrons. The maximum Gasteiger partial charge on any atom is 0.113 e. The van der Waals surface area contributed by atoms with Crippen LogP contribution in [0, 0.1) is 0 Å². The average Bonchev–Trinajstić information content (AvgIpc) is 3.69. The Kier molecular flexibility index (Phi) is 5.15. The standard InChI is InChI=1S/C45H31NSSi/c1-48(2)41-24-10-6-19-35(41)45(34-18-5-8-22-39(34)46-38-21-7-3-13-30(38)32-16-12-20-36(45)43(32)46)37-27-28(25-26-42(37)48)29-15-11-17-33-31-14-4-9-23-40(31)47-44(29)33/h3-27H,1-2H3. The molecule has 0 amide bonds. The van der Waals surface area contributed by atoms with Crippen molar-refractivity contribution >= 4 is 71.8 Å². The molecule has 0 N–H and O–H groups in total.